The molecule has 150 valence electrons. The summed E-state index contributed by atoms with van der Waals surface area (Å²) in [5.74, 6) is -0.145. The van der Waals surface area contributed by atoms with Crippen LogP contribution >= 0.6 is 0 Å². The average Bonchev–Trinajstić information content (AvgIpc) is 3.38. The van der Waals surface area contributed by atoms with Crippen molar-refractivity contribution >= 4 is 21.8 Å². The Morgan fingerprint density at radius 3 is 2.68 bits per heavy atom. The van der Waals surface area contributed by atoms with Crippen molar-refractivity contribution in [2.45, 2.75) is 69.4 Å². The van der Waals surface area contributed by atoms with E-state index in [0.29, 0.717) is 24.8 Å². The minimum atomic E-state index is -3.67. The van der Waals surface area contributed by atoms with Gasteiger partial charge in [-0.15, -0.1) is 0 Å². The van der Waals surface area contributed by atoms with Crippen LogP contribution in [0.25, 0.3) is 0 Å². The summed E-state index contributed by atoms with van der Waals surface area (Å²) in [4.78, 5) is 17.5. The Kier molecular flexibility index (Phi) is 5.24. The molecule has 1 aromatic rings. The Morgan fingerprint density at radius 2 is 2.07 bits per heavy atom. The van der Waals surface area contributed by atoms with Crippen LogP contribution in [0.2, 0.25) is 0 Å². The van der Waals surface area contributed by atoms with E-state index in [2.05, 4.69) is 41.9 Å². The van der Waals surface area contributed by atoms with Gasteiger partial charge in [-0.1, -0.05) is 39.3 Å². The fraction of sp³-hybridized carbons (Fsp3) is 0.550. The first kappa shape index (κ1) is 20.3. The number of fused-ring (bicyclic) bond motifs is 1. The zero-order chi connectivity index (χ0) is 20.6. The van der Waals surface area contributed by atoms with Crippen LogP contribution in [0.3, 0.4) is 0 Å². The zero-order valence-corrected chi connectivity index (χ0v) is 17.3. The Morgan fingerprint density at radius 1 is 1.39 bits per heavy atom. The van der Waals surface area contributed by atoms with Crippen molar-refractivity contribution < 1.29 is 13.2 Å². The van der Waals surface area contributed by atoms with Crippen LogP contribution in [0.15, 0.2) is 34.2 Å². The van der Waals surface area contributed by atoms with Crippen molar-refractivity contribution in [1.82, 2.24) is 10.0 Å². The highest BCUT2D eigenvalue weighted by molar-refractivity contribution is 7.90. The lowest BCUT2D eigenvalue weighted by atomic mass is 9.84. The number of amides is 1. The highest BCUT2D eigenvalue weighted by atomic mass is 32.2. The number of hydrogen-bond acceptors (Lipinski definition) is 5. The molecule has 0 radical (unpaired) electrons. The van der Waals surface area contributed by atoms with Gasteiger partial charge in [-0.3, -0.25) is 14.5 Å². The summed E-state index contributed by atoms with van der Waals surface area (Å²) >= 11 is 0. The summed E-state index contributed by atoms with van der Waals surface area (Å²) in [6.45, 7) is 6.35. The molecule has 0 aromatic heterocycles. The Labute approximate surface area is 166 Å². The lowest BCUT2D eigenvalue weighted by Crippen LogP contribution is -2.42. The van der Waals surface area contributed by atoms with E-state index < -0.39 is 21.6 Å². The molecule has 28 heavy (non-hydrogen) atoms. The maximum absolute atomic E-state index is 12.9. The number of carbonyl (C=O) groups excluding carboxylic acids is 1. The van der Waals surface area contributed by atoms with Crippen LogP contribution in [-0.4, -0.2) is 31.7 Å². The molecule has 0 saturated heterocycles. The third kappa shape index (κ3) is 4.20. The van der Waals surface area contributed by atoms with E-state index in [1.165, 1.54) is 6.07 Å². The number of hydrogen-bond donors (Lipinski definition) is 2. The summed E-state index contributed by atoms with van der Waals surface area (Å²) in [5, 5.41) is 12.1. The van der Waals surface area contributed by atoms with Gasteiger partial charge in [0.1, 0.15) is 17.4 Å². The summed E-state index contributed by atoms with van der Waals surface area (Å²) in [6.07, 6.45) is 3.45. The second-order valence-electron chi connectivity index (χ2n) is 8.33. The van der Waals surface area contributed by atoms with Gasteiger partial charge in [0.2, 0.25) is 5.91 Å². The highest BCUT2D eigenvalue weighted by Gasteiger charge is 2.46. The van der Waals surface area contributed by atoms with Crippen molar-refractivity contribution in [3.05, 3.63) is 29.8 Å². The van der Waals surface area contributed by atoms with Crippen LogP contribution in [0.4, 0.5) is 0 Å². The van der Waals surface area contributed by atoms with Gasteiger partial charge in [-0.05, 0) is 43.2 Å². The van der Waals surface area contributed by atoms with E-state index >= 15 is 0 Å². The van der Waals surface area contributed by atoms with E-state index in [9.17, 15) is 18.5 Å². The standard InChI is InChI=1S/C20H26N4O3S/c1-4-19(2,3)10-9-15(18(25)23-20(13-21)11-12-20)22-17-14-7-5-6-8-16(14)28(26,27)24-17/h5-8,15H,4,9-12H2,1-3H3,(H,22,24)(H,23,25). The molecule has 1 aliphatic carbocycles. The number of sulfonamides is 1. The lowest BCUT2D eigenvalue weighted by molar-refractivity contribution is -0.123. The molecule has 2 aliphatic rings. The molecule has 1 amide bonds. The third-order valence-electron chi connectivity index (χ3n) is 5.63. The monoisotopic (exact) mass is 402 g/mol. The largest absolute Gasteiger partial charge is 0.336 e. The Bertz CT molecular complexity index is 956. The molecule has 8 heteroatoms. The highest BCUT2D eigenvalue weighted by Crippen LogP contribution is 2.35. The van der Waals surface area contributed by atoms with Crippen LogP contribution in [0.1, 0.15) is 58.4 Å². The maximum atomic E-state index is 12.9. The predicted molar refractivity (Wildman–Crippen MR) is 106 cm³/mol. The molecule has 1 heterocycles. The fourth-order valence-corrected chi connectivity index (χ4v) is 4.29. The molecule has 1 fully saturated rings. The molecule has 1 saturated carbocycles. The second-order valence-corrected chi connectivity index (χ2v) is 9.99. The first-order valence-corrected chi connectivity index (χ1v) is 11.0. The minimum absolute atomic E-state index is 0.0400. The van der Waals surface area contributed by atoms with Crippen molar-refractivity contribution in [3.8, 4) is 6.07 Å². The molecule has 1 aliphatic heterocycles. The van der Waals surface area contributed by atoms with E-state index in [1.54, 1.807) is 18.2 Å². The first-order chi connectivity index (χ1) is 13.1. The number of carbonyl (C=O) groups is 1. The van der Waals surface area contributed by atoms with Gasteiger partial charge in [-0.2, -0.15) is 5.26 Å². The lowest BCUT2D eigenvalue weighted by Gasteiger charge is -2.24. The molecule has 3 rings (SSSR count). The quantitative estimate of drug-likeness (QED) is 0.730. The summed E-state index contributed by atoms with van der Waals surface area (Å²) < 4.78 is 27.1. The Balaban J connectivity index is 1.90. The molecule has 1 atom stereocenters. The third-order valence-corrected chi connectivity index (χ3v) is 7.03. The van der Waals surface area contributed by atoms with E-state index in [4.69, 9.17) is 0 Å². The molecule has 0 spiro atoms. The van der Waals surface area contributed by atoms with Gasteiger partial charge in [-0.25, -0.2) is 8.42 Å². The van der Waals surface area contributed by atoms with Crippen molar-refractivity contribution in [1.29, 1.82) is 5.26 Å². The number of amidine groups is 1. The van der Waals surface area contributed by atoms with E-state index in [0.717, 1.165) is 12.8 Å². The van der Waals surface area contributed by atoms with E-state index in [-0.39, 0.29) is 22.1 Å². The normalized spacial score (nSPS) is 21.3. The summed E-state index contributed by atoms with van der Waals surface area (Å²) in [6, 6.07) is 7.97. The number of benzene rings is 1. The smallest absolute Gasteiger partial charge is 0.263 e. The number of aliphatic imine (C=N–C) groups is 1. The van der Waals surface area contributed by atoms with Crippen molar-refractivity contribution in [3.63, 3.8) is 0 Å². The molecular weight excluding hydrogens is 376 g/mol. The van der Waals surface area contributed by atoms with Crippen LogP contribution < -0.4 is 10.0 Å². The molecular formula is C20H26N4O3S. The molecule has 1 aromatic carbocycles. The number of nitrogens with one attached hydrogen (secondary N) is 2. The second kappa shape index (κ2) is 7.21. The number of nitrogens with zero attached hydrogens (tertiary/aromatic N) is 2. The maximum Gasteiger partial charge on any atom is 0.263 e. The van der Waals surface area contributed by atoms with Crippen LogP contribution in [-0.2, 0) is 14.8 Å². The predicted octanol–water partition coefficient (Wildman–Crippen LogP) is 2.48. The molecule has 2 N–H and O–H groups in total. The first-order valence-electron chi connectivity index (χ1n) is 9.55. The molecule has 1 unspecified atom stereocenters. The summed E-state index contributed by atoms with van der Waals surface area (Å²) in [7, 11) is -3.67. The van der Waals surface area contributed by atoms with Gasteiger partial charge in [0.05, 0.1) is 11.0 Å². The molecule has 7 nitrogen and oxygen atoms in total. The topological polar surface area (TPSA) is 111 Å². The van der Waals surface area contributed by atoms with Crippen LogP contribution in [0, 0.1) is 16.7 Å². The van der Waals surface area contributed by atoms with Crippen LogP contribution in [0.5, 0.6) is 0 Å². The summed E-state index contributed by atoms with van der Waals surface area (Å²) in [5.41, 5.74) is -0.280. The Hall–Kier alpha value is -2.40. The van der Waals surface area contributed by atoms with Gasteiger partial charge in [0.25, 0.3) is 10.0 Å². The number of rotatable bonds is 7. The SMILES string of the molecule is CCC(C)(C)CCC(N=C1NS(=O)(=O)c2ccccc21)C(=O)NC1(C#N)CC1. The van der Waals surface area contributed by atoms with Crippen molar-refractivity contribution in [2.75, 3.05) is 0 Å². The zero-order valence-electron chi connectivity index (χ0n) is 16.4. The molecule has 0 bridgehead atoms. The van der Waals surface area contributed by atoms with Gasteiger partial charge in [0, 0.05) is 5.56 Å². The number of nitriles is 1. The average molecular weight is 403 g/mol. The fourth-order valence-electron chi connectivity index (χ4n) is 3.05. The van der Waals surface area contributed by atoms with Gasteiger partial charge < -0.3 is 5.32 Å². The van der Waals surface area contributed by atoms with Gasteiger partial charge >= 0.3 is 0 Å². The van der Waals surface area contributed by atoms with E-state index in [1.807, 2.05) is 0 Å². The minimum Gasteiger partial charge on any atom is -0.336 e. The van der Waals surface area contributed by atoms with Gasteiger partial charge in [0.15, 0.2) is 0 Å². The van der Waals surface area contributed by atoms with Crippen molar-refractivity contribution in [2.24, 2.45) is 10.4 Å².